The number of aryl methyl sites for hydroxylation is 1. The molecule has 0 saturated carbocycles. The predicted octanol–water partition coefficient (Wildman–Crippen LogP) is 3.79. The topological polar surface area (TPSA) is 35.3 Å². The van der Waals surface area contributed by atoms with Crippen LogP contribution in [-0.2, 0) is 11.2 Å². The molecular formula is C20H16FNO2Sn. The first kappa shape index (κ1) is 16.4. The van der Waals surface area contributed by atoms with Gasteiger partial charge in [-0.05, 0) is 0 Å². The molecule has 1 aliphatic heterocycles. The molecule has 0 saturated heterocycles. The number of rotatable bonds is 5. The number of oxazole rings is 1. The van der Waals surface area contributed by atoms with Crippen LogP contribution in [0.5, 0.6) is 0 Å². The van der Waals surface area contributed by atoms with Gasteiger partial charge in [0.25, 0.3) is 0 Å². The Kier molecular flexibility index (Phi) is 4.37. The maximum absolute atomic E-state index is 13.4. The van der Waals surface area contributed by atoms with Gasteiger partial charge in [0, 0.05) is 0 Å². The Morgan fingerprint density at radius 1 is 1.28 bits per heavy atom. The summed E-state index contributed by atoms with van der Waals surface area (Å²) in [5, 5.41) is 0. The number of halogens is 1. The zero-order valence-corrected chi connectivity index (χ0v) is 16.7. The van der Waals surface area contributed by atoms with Crippen molar-refractivity contribution in [2.24, 2.45) is 0 Å². The van der Waals surface area contributed by atoms with Crippen LogP contribution >= 0.6 is 0 Å². The Morgan fingerprint density at radius 2 is 2.16 bits per heavy atom. The van der Waals surface area contributed by atoms with Gasteiger partial charge in [-0.2, -0.15) is 0 Å². The van der Waals surface area contributed by atoms with Crippen molar-refractivity contribution in [3.05, 3.63) is 75.7 Å². The van der Waals surface area contributed by atoms with E-state index in [4.69, 9.17) is 9.15 Å². The maximum atomic E-state index is 13.4. The summed E-state index contributed by atoms with van der Waals surface area (Å²) in [6.07, 6.45) is 1.35. The van der Waals surface area contributed by atoms with Gasteiger partial charge in [0.05, 0.1) is 0 Å². The van der Waals surface area contributed by atoms with Gasteiger partial charge < -0.3 is 0 Å². The van der Waals surface area contributed by atoms with Crippen molar-refractivity contribution in [1.29, 1.82) is 0 Å². The fraction of sp³-hybridized carbons (Fsp3) is 0.150. The van der Waals surface area contributed by atoms with Gasteiger partial charge in [-0.3, -0.25) is 0 Å². The molecule has 1 aromatic heterocycles. The van der Waals surface area contributed by atoms with Gasteiger partial charge in [0.15, 0.2) is 0 Å². The summed E-state index contributed by atoms with van der Waals surface area (Å²) in [4.78, 5) is 4.52. The first-order chi connectivity index (χ1) is 12.1. The number of aromatic nitrogens is 1. The van der Waals surface area contributed by atoms with Crippen molar-refractivity contribution in [3.63, 3.8) is 0 Å². The van der Waals surface area contributed by atoms with E-state index in [-0.39, 0.29) is 5.82 Å². The van der Waals surface area contributed by atoms with Gasteiger partial charge >= 0.3 is 156 Å². The molecule has 0 amide bonds. The number of nitrogens with zero attached hydrogens (tertiary/aromatic N) is 1. The summed E-state index contributed by atoms with van der Waals surface area (Å²) in [5.41, 5.74) is 5.07. The molecular weight excluding hydrogens is 424 g/mol. The second-order valence-corrected chi connectivity index (χ2v) is 9.11. The minimum atomic E-state index is -0.853. The van der Waals surface area contributed by atoms with Crippen LogP contribution in [-0.4, -0.2) is 33.2 Å². The molecule has 0 spiro atoms. The average Bonchev–Trinajstić information content (AvgIpc) is 3.21. The van der Waals surface area contributed by atoms with Crippen LogP contribution in [0.25, 0.3) is 16.7 Å². The number of benzene rings is 2. The molecule has 3 aromatic rings. The Morgan fingerprint density at radius 3 is 3.00 bits per heavy atom. The molecule has 0 aliphatic carbocycles. The first-order valence-corrected chi connectivity index (χ1v) is 11.1. The molecule has 4 rings (SSSR count). The molecule has 0 unspecified atom stereocenters. The molecule has 5 heteroatoms. The van der Waals surface area contributed by atoms with E-state index < -0.39 is 21.1 Å². The average molecular weight is 440 g/mol. The van der Waals surface area contributed by atoms with E-state index in [1.54, 1.807) is 13.2 Å². The number of fused-ring (bicyclic) bond motifs is 2. The van der Waals surface area contributed by atoms with Crippen LogP contribution in [0.4, 0.5) is 4.39 Å². The molecule has 0 atom stereocenters. The third-order valence-electron chi connectivity index (χ3n) is 4.29. The zero-order valence-electron chi connectivity index (χ0n) is 13.8. The monoisotopic (exact) mass is 441 g/mol. The zero-order chi connectivity index (χ0) is 17.4. The van der Waals surface area contributed by atoms with Crippen molar-refractivity contribution < 1.29 is 13.5 Å². The molecule has 1 aliphatic rings. The van der Waals surface area contributed by atoms with Crippen molar-refractivity contribution in [3.8, 4) is 0 Å². The third kappa shape index (κ3) is 3.23. The first-order valence-electron chi connectivity index (χ1n) is 8.02. The van der Waals surface area contributed by atoms with E-state index in [9.17, 15) is 4.39 Å². The number of allylic oxidation sites excluding steroid dienone is 1. The second-order valence-electron chi connectivity index (χ2n) is 5.93. The molecule has 2 heterocycles. The SMILES string of the molecule is C=C(CCc1nc2ccc(C3=[CH][Sn][c]4cc(F)ccc43)cc2o1)OC. The normalized spacial score (nSPS) is 13.0. The second kappa shape index (κ2) is 6.67. The Labute approximate surface area is 155 Å². The summed E-state index contributed by atoms with van der Waals surface area (Å²) >= 11 is -0.853. The molecule has 3 nitrogen and oxygen atoms in total. The minimum absolute atomic E-state index is 0.151. The van der Waals surface area contributed by atoms with Crippen molar-refractivity contribution >= 4 is 41.4 Å². The fourth-order valence-electron chi connectivity index (χ4n) is 2.93. The molecule has 0 fully saturated rings. The summed E-state index contributed by atoms with van der Waals surface area (Å²) < 4.78 is 27.9. The quantitative estimate of drug-likeness (QED) is 0.448. The van der Waals surface area contributed by atoms with Gasteiger partial charge in [0.2, 0.25) is 0 Å². The van der Waals surface area contributed by atoms with Gasteiger partial charge in [-0.15, -0.1) is 0 Å². The summed E-state index contributed by atoms with van der Waals surface area (Å²) in [7, 11) is 1.61. The summed E-state index contributed by atoms with van der Waals surface area (Å²) in [6, 6.07) is 11.2. The Bertz CT molecular complexity index is 1010. The third-order valence-corrected chi connectivity index (χ3v) is 7.60. The standard InChI is InChI=1S/C20H16FNO2.Sn/c1-13(23-3)4-11-20-22-18-10-7-16(12-19(18)24-20)14(2)15-5-8-17(21)9-6-15;/h2,5,7-10,12H,1,4,11H2,3H3;. The van der Waals surface area contributed by atoms with Crippen LogP contribution in [0.1, 0.15) is 23.4 Å². The van der Waals surface area contributed by atoms with Crippen molar-refractivity contribution in [2.75, 3.05) is 7.11 Å². The number of hydrogen-bond donors (Lipinski definition) is 0. The van der Waals surface area contributed by atoms with Crippen LogP contribution < -0.4 is 3.58 Å². The number of hydrogen-bond acceptors (Lipinski definition) is 3. The molecule has 2 aromatic carbocycles. The summed E-state index contributed by atoms with van der Waals surface area (Å²) in [6.45, 7) is 3.81. The van der Waals surface area contributed by atoms with Gasteiger partial charge in [-0.25, -0.2) is 0 Å². The molecule has 0 N–H and O–H groups in total. The molecule has 25 heavy (non-hydrogen) atoms. The van der Waals surface area contributed by atoms with Crippen LogP contribution in [0.3, 0.4) is 0 Å². The Hall–Kier alpha value is -2.08. The van der Waals surface area contributed by atoms with Crippen molar-refractivity contribution in [1.82, 2.24) is 4.98 Å². The van der Waals surface area contributed by atoms with Crippen LogP contribution in [0.2, 0.25) is 0 Å². The molecule has 2 radical (unpaired) electrons. The van der Waals surface area contributed by atoms with Gasteiger partial charge in [0.1, 0.15) is 0 Å². The van der Waals surface area contributed by atoms with E-state index in [1.807, 2.05) is 18.2 Å². The van der Waals surface area contributed by atoms with E-state index in [1.165, 1.54) is 15.2 Å². The molecule has 0 bridgehead atoms. The van der Waals surface area contributed by atoms with Crippen LogP contribution in [0, 0.1) is 5.82 Å². The van der Waals surface area contributed by atoms with E-state index >= 15 is 0 Å². The van der Waals surface area contributed by atoms with Crippen LogP contribution in [0.15, 0.2) is 57.2 Å². The van der Waals surface area contributed by atoms with E-state index in [2.05, 4.69) is 21.7 Å². The molecule has 124 valence electrons. The van der Waals surface area contributed by atoms with E-state index in [0.717, 1.165) is 22.2 Å². The van der Waals surface area contributed by atoms with E-state index in [0.29, 0.717) is 24.5 Å². The summed E-state index contributed by atoms with van der Waals surface area (Å²) in [5.74, 6) is 1.25. The van der Waals surface area contributed by atoms with Gasteiger partial charge in [-0.1, -0.05) is 0 Å². The fourth-order valence-corrected chi connectivity index (χ4v) is 6.41. The Balaban J connectivity index is 1.63. The number of ether oxygens (including phenoxy) is 1. The van der Waals surface area contributed by atoms with Crippen molar-refractivity contribution in [2.45, 2.75) is 12.8 Å². The predicted molar refractivity (Wildman–Crippen MR) is 97.3 cm³/mol. The number of methoxy groups -OCH3 is 1.